The van der Waals surface area contributed by atoms with Gasteiger partial charge in [0, 0.05) is 33.2 Å². The maximum absolute atomic E-state index is 13.0. The number of anilines is 1. The Morgan fingerprint density at radius 2 is 1.72 bits per heavy atom. The fraction of sp³-hybridized carbons (Fsp3) is 0.333. The third kappa shape index (κ3) is 3.46. The summed E-state index contributed by atoms with van der Waals surface area (Å²) in [5, 5.41) is 4.00. The van der Waals surface area contributed by atoms with Crippen LogP contribution in [-0.2, 0) is 17.1 Å². The third-order valence-electron chi connectivity index (χ3n) is 4.09. The first kappa shape index (κ1) is 18.0. The van der Waals surface area contributed by atoms with Crippen LogP contribution in [0.5, 0.6) is 0 Å². The summed E-state index contributed by atoms with van der Waals surface area (Å²) in [7, 11) is -2.10. The highest BCUT2D eigenvalue weighted by Crippen LogP contribution is 2.24. The van der Waals surface area contributed by atoms with Crippen molar-refractivity contribution in [2.75, 3.05) is 31.1 Å². The minimum absolute atomic E-state index is 0.0683. The number of halogens is 2. The number of aromatic nitrogens is 2. The summed E-state index contributed by atoms with van der Waals surface area (Å²) < 4.78 is 41.2. The number of aryl methyl sites for hydroxylation is 1. The van der Waals surface area contributed by atoms with E-state index in [9.17, 15) is 17.6 Å². The first-order chi connectivity index (χ1) is 11.8. The van der Waals surface area contributed by atoms with Gasteiger partial charge in [-0.05, 0) is 40.2 Å². The van der Waals surface area contributed by atoms with Crippen LogP contribution in [0.4, 0.5) is 10.1 Å². The fourth-order valence-electron chi connectivity index (χ4n) is 2.65. The quantitative estimate of drug-likeness (QED) is 0.730. The van der Waals surface area contributed by atoms with Crippen LogP contribution in [0.2, 0.25) is 0 Å². The summed E-state index contributed by atoms with van der Waals surface area (Å²) in [6.45, 7) is 1.38. The summed E-state index contributed by atoms with van der Waals surface area (Å²) >= 11 is 3.28. The lowest BCUT2D eigenvalue weighted by Gasteiger charge is -2.35. The van der Waals surface area contributed by atoms with E-state index in [0.717, 1.165) is 12.1 Å². The third-order valence-corrected chi connectivity index (χ3v) is 6.75. The molecule has 0 atom stereocenters. The van der Waals surface area contributed by atoms with Crippen molar-refractivity contribution < 1.29 is 12.8 Å². The largest absolute Gasteiger partial charge is 0.367 e. The summed E-state index contributed by atoms with van der Waals surface area (Å²) in [5.74, 6) is -0.480. The Morgan fingerprint density at radius 1 is 1.12 bits per heavy atom. The highest BCUT2D eigenvalue weighted by atomic mass is 79.9. The number of benzene rings is 1. The molecule has 0 unspecified atom stereocenters. The highest BCUT2D eigenvalue weighted by Gasteiger charge is 2.29. The molecular weight excluding hydrogens is 415 g/mol. The van der Waals surface area contributed by atoms with Gasteiger partial charge in [-0.25, -0.2) is 17.5 Å². The van der Waals surface area contributed by atoms with Gasteiger partial charge in [0.2, 0.25) is 10.0 Å². The van der Waals surface area contributed by atoms with E-state index in [1.807, 2.05) is 4.90 Å². The van der Waals surface area contributed by atoms with E-state index in [-0.39, 0.29) is 23.5 Å². The molecule has 0 aliphatic carbocycles. The van der Waals surface area contributed by atoms with Crippen molar-refractivity contribution >= 4 is 31.6 Å². The minimum atomic E-state index is -3.66. The summed E-state index contributed by atoms with van der Waals surface area (Å²) in [4.78, 5) is 13.9. The maximum atomic E-state index is 13.0. The Morgan fingerprint density at radius 3 is 2.32 bits per heavy atom. The normalized spacial score (nSPS) is 16.2. The van der Waals surface area contributed by atoms with Crippen molar-refractivity contribution in [3.05, 3.63) is 51.1 Å². The predicted molar refractivity (Wildman–Crippen MR) is 94.5 cm³/mol. The van der Waals surface area contributed by atoms with Gasteiger partial charge in [0.25, 0.3) is 5.56 Å². The Bertz CT molecular complexity index is 938. The molecular formula is C15H16BrFN4O3S. The van der Waals surface area contributed by atoms with E-state index in [1.165, 1.54) is 21.1 Å². The SMILES string of the molecule is Cn1ncc(N2CCN(S(=O)(=O)c3ccc(F)cc3)CC2)c(Br)c1=O. The second kappa shape index (κ2) is 6.85. The van der Waals surface area contributed by atoms with Gasteiger partial charge in [-0.1, -0.05) is 0 Å². The van der Waals surface area contributed by atoms with Crippen LogP contribution in [0.25, 0.3) is 0 Å². The van der Waals surface area contributed by atoms with Gasteiger partial charge in [-0.3, -0.25) is 4.79 Å². The molecule has 7 nitrogen and oxygen atoms in total. The topological polar surface area (TPSA) is 75.5 Å². The van der Waals surface area contributed by atoms with Crippen LogP contribution in [0.1, 0.15) is 0 Å². The molecule has 1 aliphatic rings. The summed E-state index contributed by atoms with van der Waals surface area (Å²) in [5.41, 5.74) is 0.390. The first-order valence-electron chi connectivity index (χ1n) is 7.53. The standard InChI is InChI=1S/C15H16BrFN4O3S/c1-19-15(22)14(16)13(10-18-19)20-6-8-21(9-7-20)25(23,24)12-4-2-11(17)3-5-12/h2-5,10H,6-9H2,1H3. The van der Waals surface area contributed by atoms with Gasteiger partial charge in [-0.15, -0.1) is 0 Å². The van der Waals surface area contributed by atoms with Crippen molar-refractivity contribution in [2.24, 2.45) is 7.05 Å². The second-order valence-electron chi connectivity index (χ2n) is 5.62. The van der Waals surface area contributed by atoms with E-state index in [1.54, 1.807) is 13.2 Å². The molecule has 2 aromatic rings. The molecule has 0 spiro atoms. The van der Waals surface area contributed by atoms with Crippen molar-refractivity contribution in [1.82, 2.24) is 14.1 Å². The second-order valence-corrected chi connectivity index (χ2v) is 8.35. The summed E-state index contributed by atoms with van der Waals surface area (Å²) in [6, 6.07) is 4.79. The Balaban J connectivity index is 1.77. The number of rotatable bonds is 3. The average molecular weight is 431 g/mol. The average Bonchev–Trinajstić information content (AvgIpc) is 2.60. The smallest absolute Gasteiger partial charge is 0.282 e. The maximum Gasteiger partial charge on any atom is 0.282 e. The minimum Gasteiger partial charge on any atom is -0.367 e. The van der Waals surface area contributed by atoms with Crippen LogP contribution in [0.3, 0.4) is 0 Å². The fourth-order valence-corrected chi connectivity index (χ4v) is 4.68. The molecule has 0 bridgehead atoms. The van der Waals surface area contributed by atoms with Crippen LogP contribution >= 0.6 is 15.9 Å². The molecule has 2 heterocycles. The Kier molecular flexibility index (Phi) is 4.94. The zero-order valence-electron chi connectivity index (χ0n) is 13.4. The van der Waals surface area contributed by atoms with E-state index >= 15 is 0 Å². The number of piperazine rings is 1. The molecule has 1 aromatic carbocycles. The highest BCUT2D eigenvalue weighted by molar-refractivity contribution is 9.10. The molecule has 0 amide bonds. The van der Waals surface area contributed by atoms with E-state index < -0.39 is 15.8 Å². The van der Waals surface area contributed by atoms with E-state index in [2.05, 4.69) is 21.0 Å². The molecule has 3 rings (SSSR count). The molecule has 0 radical (unpaired) electrons. The first-order valence-corrected chi connectivity index (χ1v) is 9.76. The molecule has 1 saturated heterocycles. The molecule has 25 heavy (non-hydrogen) atoms. The van der Waals surface area contributed by atoms with Gasteiger partial charge < -0.3 is 4.90 Å². The monoisotopic (exact) mass is 430 g/mol. The van der Waals surface area contributed by atoms with Crippen LogP contribution in [-0.4, -0.2) is 48.7 Å². The van der Waals surface area contributed by atoms with Gasteiger partial charge in [0.1, 0.15) is 10.3 Å². The summed E-state index contributed by atoms with van der Waals surface area (Å²) in [6.07, 6.45) is 1.58. The molecule has 0 saturated carbocycles. The zero-order valence-corrected chi connectivity index (χ0v) is 15.8. The van der Waals surface area contributed by atoms with Crippen molar-refractivity contribution in [1.29, 1.82) is 0 Å². The lowest BCUT2D eigenvalue weighted by molar-refractivity contribution is 0.384. The zero-order chi connectivity index (χ0) is 18.2. The number of hydrogen-bond donors (Lipinski definition) is 0. The molecule has 134 valence electrons. The molecule has 1 fully saturated rings. The van der Waals surface area contributed by atoms with E-state index in [4.69, 9.17) is 0 Å². The number of nitrogens with zero attached hydrogens (tertiary/aromatic N) is 4. The lowest BCUT2D eigenvalue weighted by atomic mass is 10.3. The Labute approximate surface area is 152 Å². The molecule has 1 aromatic heterocycles. The number of hydrogen-bond acceptors (Lipinski definition) is 5. The van der Waals surface area contributed by atoms with Crippen molar-refractivity contribution in [3.63, 3.8) is 0 Å². The van der Waals surface area contributed by atoms with Crippen LogP contribution in [0, 0.1) is 5.82 Å². The Hall–Kier alpha value is -1.78. The predicted octanol–water partition coefficient (Wildman–Crippen LogP) is 1.19. The van der Waals surface area contributed by atoms with E-state index in [0.29, 0.717) is 23.2 Å². The van der Waals surface area contributed by atoms with Crippen molar-refractivity contribution in [2.45, 2.75) is 4.90 Å². The van der Waals surface area contributed by atoms with Crippen molar-refractivity contribution in [3.8, 4) is 0 Å². The molecule has 1 aliphatic heterocycles. The van der Waals surface area contributed by atoms with Gasteiger partial charge in [0.05, 0.1) is 16.8 Å². The lowest BCUT2D eigenvalue weighted by Crippen LogP contribution is -2.49. The van der Waals surface area contributed by atoms with Gasteiger partial charge >= 0.3 is 0 Å². The molecule has 0 N–H and O–H groups in total. The van der Waals surface area contributed by atoms with Crippen LogP contribution in [0.15, 0.2) is 44.6 Å². The van der Waals surface area contributed by atoms with Gasteiger partial charge in [0.15, 0.2) is 0 Å². The van der Waals surface area contributed by atoms with Crippen LogP contribution < -0.4 is 10.5 Å². The molecule has 10 heteroatoms. The van der Waals surface area contributed by atoms with Gasteiger partial charge in [-0.2, -0.15) is 9.40 Å². The number of sulfonamides is 1.